The number of rotatable bonds is 3. The number of aryl methyl sites for hydroxylation is 3. The largest absolute Gasteiger partial charge is 0.438 e. The molecule has 1 aromatic carbocycles. The molecule has 0 saturated heterocycles. The lowest BCUT2D eigenvalue weighted by Gasteiger charge is -2.11. The highest BCUT2D eigenvalue weighted by Crippen LogP contribution is 2.42. The lowest BCUT2D eigenvalue weighted by atomic mass is 10.2. The third-order valence-corrected chi connectivity index (χ3v) is 6.22. The van der Waals surface area contributed by atoms with Crippen LogP contribution in [0.15, 0.2) is 42.7 Å². The second kappa shape index (κ2) is 6.59. The van der Waals surface area contributed by atoms with Gasteiger partial charge < -0.3 is 4.74 Å². The summed E-state index contributed by atoms with van der Waals surface area (Å²) in [5, 5.41) is 1.75. The van der Waals surface area contributed by atoms with Crippen LogP contribution in [0.25, 0.3) is 21.6 Å². The molecule has 0 spiro atoms. The van der Waals surface area contributed by atoms with Gasteiger partial charge in [-0.05, 0) is 67.6 Å². The van der Waals surface area contributed by atoms with E-state index in [-0.39, 0.29) is 0 Å². The molecule has 0 radical (unpaired) electrons. The monoisotopic (exact) mass is 393 g/mol. The second-order valence-corrected chi connectivity index (χ2v) is 8.16. The van der Waals surface area contributed by atoms with Crippen molar-refractivity contribution in [1.82, 2.24) is 15.0 Å². The molecular formula is C21H16ClN3OS. The number of benzene rings is 1. The summed E-state index contributed by atoms with van der Waals surface area (Å²) in [6, 6.07) is 9.48. The molecule has 1 aliphatic rings. The number of hydrogen-bond donors (Lipinski definition) is 0. The molecule has 4 aromatic rings. The summed E-state index contributed by atoms with van der Waals surface area (Å²) in [4.78, 5) is 16.2. The highest BCUT2D eigenvalue weighted by atomic mass is 35.5. The van der Waals surface area contributed by atoms with E-state index in [4.69, 9.17) is 26.3 Å². The van der Waals surface area contributed by atoms with Crippen LogP contribution in [-0.2, 0) is 12.8 Å². The molecule has 0 saturated carbocycles. The van der Waals surface area contributed by atoms with Gasteiger partial charge in [0, 0.05) is 27.9 Å². The van der Waals surface area contributed by atoms with Crippen LogP contribution in [0.3, 0.4) is 0 Å². The Morgan fingerprint density at radius 2 is 2.07 bits per heavy atom. The molecule has 0 unspecified atom stereocenters. The Morgan fingerprint density at radius 3 is 2.89 bits per heavy atom. The fourth-order valence-corrected chi connectivity index (χ4v) is 4.97. The smallest absolute Gasteiger partial charge is 0.231 e. The number of nitrogens with zero attached hydrogens (tertiary/aromatic N) is 3. The molecule has 1 aliphatic carbocycles. The second-order valence-electron chi connectivity index (χ2n) is 6.64. The third-order valence-electron chi connectivity index (χ3n) is 4.79. The first-order chi connectivity index (χ1) is 13.2. The topological polar surface area (TPSA) is 47.9 Å². The minimum Gasteiger partial charge on any atom is -0.438 e. The molecule has 0 aliphatic heterocycles. The van der Waals surface area contributed by atoms with Crippen LogP contribution in [0.1, 0.15) is 22.4 Å². The van der Waals surface area contributed by atoms with Gasteiger partial charge in [-0.25, -0.2) is 4.98 Å². The van der Waals surface area contributed by atoms with Gasteiger partial charge in [0.05, 0.1) is 5.39 Å². The SMILES string of the molecule is Cc1cc(Cl)ccc1Oc1nc(-c2cccnc2)nc2sc3c(c12)CCC3. The van der Waals surface area contributed by atoms with Crippen molar-refractivity contribution < 1.29 is 4.74 Å². The molecule has 27 heavy (non-hydrogen) atoms. The Morgan fingerprint density at radius 1 is 1.15 bits per heavy atom. The highest BCUT2D eigenvalue weighted by molar-refractivity contribution is 7.19. The van der Waals surface area contributed by atoms with Crippen LogP contribution < -0.4 is 4.74 Å². The normalized spacial score (nSPS) is 13.1. The number of hydrogen-bond acceptors (Lipinski definition) is 5. The van der Waals surface area contributed by atoms with Crippen molar-refractivity contribution >= 4 is 33.2 Å². The minimum absolute atomic E-state index is 0.615. The Kier molecular flexibility index (Phi) is 4.06. The van der Waals surface area contributed by atoms with Crippen LogP contribution in [-0.4, -0.2) is 15.0 Å². The van der Waals surface area contributed by atoms with E-state index in [0.29, 0.717) is 16.7 Å². The number of thiophene rings is 1. The highest BCUT2D eigenvalue weighted by Gasteiger charge is 2.24. The van der Waals surface area contributed by atoms with E-state index < -0.39 is 0 Å². The first-order valence-electron chi connectivity index (χ1n) is 8.86. The van der Waals surface area contributed by atoms with Gasteiger partial charge in [0.1, 0.15) is 10.6 Å². The Balaban J connectivity index is 1.70. The van der Waals surface area contributed by atoms with E-state index in [0.717, 1.165) is 39.9 Å². The number of pyridine rings is 1. The molecule has 0 bridgehead atoms. The molecule has 3 aromatic heterocycles. The van der Waals surface area contributed by atoms with Crippen LogP contribution in [0.2, 0.25) is 5.02 Å². The molecule has 5 rings (SSSR count). The number of halogens is 1. The number of ether oxygens (including phenoxy) is 1. The molecule has 4 nitrogen and oxygen atoms in total. The van der Waals surface area contributed by atoms with E-state index >= 15 is 0 Å². The van der Waals surface area contributed by atoms with Gasteiger partial charge in [0.25, 0.3) is 0 Å². The van der Waals surface area contributed by atoms with Gasteiger partial charge in [0.2, 0.25) is 5.88 Å². The number of fused-ring (bicyclic) bond motifs is 3. The molecular weight excluding hydrogens is 378 g/mol. The van der Waals surface area contributed by atoms with Crippen molar-refractivity contribution in [3.8, 4) is 23.0 Å². The van der Waals surface area contributed by atoms with Gasteiger partial charge in [-0.3, -0.25) is 4.98 Å². The Labute approximate surface area is 165 Å². The maximum absolute atomic E-state index is 6.30. The van der Waals surface area contributed by atoms with E-state index in [1.54, 1.807) is 23.7 Å². The van der Waals surface area contributed by atoms with Crippen LogP contribution in [0.4, 0.5) is 0 Å². The predicted molar refractivity (Wildman–Crippen MR) is 109 cm³/mol. The maximum atomic E-state index is 6.30. The third kappa shape index (κ3) is 2.97. The summed E-state index contributed by atoms with van der Waals surface area (Å²) in [7, 11) is 0. The Hall–Kier alpha value is -2.50. The van der Waals surface area contributed by atoms with Crippen molar-refractivity contribution in [1.29, 1.82) is 0 Å². The lowest BCUT2D eigenvalue weighted by Crippen LogP contribution is -1.97. The lowest BCUT2D eigenvalue weighted by molar-refractivity contribution is 0.465. The molecule has 3 heterocycles. The summed E-state index contributed by atoms with van der Waals surface area (Å²) in [6.07, 6.45) is 6.87. The van der Waals surface area contributed by atoms with Gasteiger partial charge in [-0.2, -0.15) is 4.98 Å². The predicted octanol–water partition coefficient (Wildman–Crippen LogP) is 6.00. The van der Waals surface area contributed by atoms with Crippen LogP contribution >= 0.6 is 22.9 Å². The quantitative estimate of drug-likeness (QED) is 0.428. The average Bonchev–Trinajstić information content (AvgIpc) is 3.25. The van der Waals surface area contributed by atoms with Crippen molar-refractivity contribution in [2.45, 2.75) is 26.2 Å². The van der Waals surface area contributed by atoms with E-state index in [1.165, 1.54) is 16.9 Å². The van der Waals surface area contributed by atoms with Crippen molar-refractivity contribution in [3.05, 3.63) is 63.8 Å². The maximum Gasteiger partial charge on any atom is 0.231 e. The zero-order valence-corrected chi connectivity index (χ0v) is 16.3. The zero-order valence-electron chi connectivity index (χ0n) is 14.7. The van der Waals surface area contributed by atoms with E-state index in [9.17, 15) is 0 Å². The molecule has 6 heteroatoms. The van der Waals surface area contributed by atoms with Gasteiger partial charge in [0.15, 0.2) is 5.82 Å². The van der Waals surface area contributed by atoms with Gasteiger partial charge in [-0.15, -0.1) is 11.3 Å². The first-order valence-corrected chi connectivity index (χ1v) is 10.0. The van der Waals surface area contributed by atoms with Crippen molar-refractivity contribution in [2.75, 3.05) is 0 Å². The van der Waals surface area contributed by atoms with Gasteiger partial charge >= 0.3 is 0 Å². The fraction of sp³-hybridized carbons (Fsp3) is 0.190. The van der Waals surface area contributed by atoms with E-state index in [1.807, 2.05) is 37.3 Å². The van der Waals surface area contributed by atoms with Crippen molar-refractivity contribution in [3.63, 3.8) is 0 Å². The molecule has 0 N–H and O–H groups in total. The summed E-state index contributed by atoms with van der Waals surface area (Å²) in [5.74, 6) is 2.01. The summed E-state index contributed by atoms with van der Waals surface area (Å²) >= 11 is 7.85. The Bertz CT molecular complexity index is 1160. The van der Waals surface area contributed by atoms with Crippen molar-refractivity contribution in [2.24, 2.45) is 0 Å². The average molecular weight is 394 g/mol. The minimum atomic E-state index is 0.615. The summed E-state index contributed by atoms with van der Waals surface area (Å²) in [5.41, 5.74) is 3.20. The first kappa shape index (κ1) is 16.7. The van der Waals surface area contributed by atoms with Crippen LogP contribution in [0, 0.1) is 6.92 Å². The molecule has 0 amide bonds. The zero-order chi connectivity index (χ0) is 18.4. The number of aromatic nitrogens is 3. The molecule has 0 atom stereocenters. The summed E-state index contributed by atoms with van der Waals surface area (Å²) in [6.45, 7) is 1.99. The molecule has 0 fully saturated rings. The molecule has 134 valence electrons. The van der Waals surface area contributed by atoms with E-state index in [2.05, 4.69) is 4.98 Å². The van der Waals surface area contributed by atoms with Crippen LogP contribution in [0.5, 0.6) is 11.6 Å². The standard InChI is InChI=1S/C21H16ClN3OS/c1-12-10-14(22)7-8-16(12)26-20-18-15-5-2-6-17(15)27-21(18)25-19(24-20)13-4-3-9-23-11-13/h3-4,7-11H,2,5-6H2,1H3. The fourth-order valence-electron chi connectivity index (χ4n) is 3.49. The summed E-state index contributed by atoms with van der Waals surface area (Å²) < 4.78 is 6.30. The van der Waals surface area contributed by atoms with Gasteiger partial charge in [-0.1, -0.05) is 11.6 Å².